The van der Waals surface area contributed by atoms with Gasteiger partial charge in [0.2, 0.25) is 0 Å². The number of hydrogen-bond acceptors (Lipinski definition) is 4. The number of nitrogens with one attached hydrogen (secondary N) is 1. The average Bonchev–Trinajstić information content (AvgIpc) is 2.47. The Balaban J connectivity index is 2.19. The van der Waals surface area contributed by atoms with Crippen LogP contribution in [0.5, 0.6) is 5.75 Å². The van der Waals surface area contributed by atoms with Gasteiger partial charge in [0.25, 0.3) is 5.91 Å². The normalized spacial score (nSPS) is 12.7. The molecule has 2 aromatic rings. The molecule has 0 aliphatic rings. The third-order valence-corrected chi connectivity index (χ3v) is 3.19. The van der Waals surface area contributed by atoms with Crippen LogP contribution in [0.1, 0.15) is 49.3 Å². The van der Waals surface area contributed by atoms with Gasteiger partial charge in [0.15, 0.2) is 0 Å². The zero-order valence-corrected chi connectivity index (χ0v) is 13.1. The van der Waals surface area contributed by atoms with Crippen molar-refractivity contribution in [2.24, 2.45) is 5.41 Å². The zero-order valence-electron chi connectivity index (χ0n) is 13.1. The first-order valence-electron chi connectivity index (χ1n) is 7.21. The quantitative estimate of drug-likeness (QED) is 0.909. The minimum absolute atomic E-state index is 0.0371. The highest BCUT2D eigenvalue weighted by molar-refractivity contribution is 5.92. The third kappa shape index (κ3) is 4.55. The fourth-order valence-corrected chi connectivity index (χ4v) is 2.20. The van der Waals surface area contributed by atoms with E-state index in [-0.39, 0.29) is 28.8 Å². The summed E-state index contributed by atoms with van der Waals surface area (Å²) >= 11 is 0. The van der Waals surface area contributed by atoms with Crippen LogP contribution in [0.25, 0.3) is 0 Å². The van der Waals surface area contributed by atoms with Gasteiger partial charge < -0.3 is 10.4 Å². The summed E-state index contributed by atoms with van der Waals surface area (Å²) < 4.78 is 0. The Labute approximate surface area is 130 Å². The van der Waals surface area contributed by atoms with Crippen LogP contribution in [0.2, 0.25) is 0 Å². The number of hydrogen-bond donors (Lipinski definition) is 2. The zero-order chi connectivity index (χ0) is 16.2. The van der Waals surface area contributed by atoms with Crippen LogP contribution in [0.15, 0.2) is 42.9 Å². The standard InChI is InChI=1S/C17H21N3O2/c1-17(2,3)9-15(12-5-4-8-18-10-12)20-16(22)14-7-6-13(21)11-19-14/h4-8,10-11,15,21H,9H2,1-3H3,(H,20,22)/t15-/m1/s1. The molecule has 0 saturated heterocycles. The number of carbonyl (C=O) groups excluding carboxylic acids is 1. The molecule has 2 aromatic heterocycles. The Hall–Kier alpha value is -2.43. The molecule has 0 saturated carbocycles. The summed E-state index contributed by atoms with van der Waals surface area (Å²) in [4.78, 5) is 20.4. The van der Waals surface area contributed by atoms with Crippen molar-refractivity contribution in [1.29, 1.82) is 0 Å². The second kappa shape index (κ2) is 6.56. The smallest absolute Gasteiger partial charge is 0.270 e. The van der Waals surface area contributed by atoms with E-state index in [0.717, 1.165) is 12.0 Å². The first kappa shape index (κ1) is 15.9. The van der Waals surface area contributed by atoms with Gasteiger partial charge in [-0.2, -0.15) is 0 Å². The fourth-order valence-electron chi connectivity index (χ4n) is 2.20. The fraction of sp³-hybridized carbons (Fsp3) is 0.353. The summed E-state index contributed by atoms with van der Waals surface area (Å²) in [5.74, 6) is -0.229. The first-order valence-corrected chi connectivity index (χ1v) is 7.21. The molecular weight excluding hydrogens is 278 g/mol. The molecule has 0 aromatic carbocycles. The number of nitrogens with zero attached hydrogens (tertiary/aromatic N) is 2. The maximum absolute atomic E-state index is 12.3. The number of aromatic nitrogens is 2. The van der Waals surface area contributed by atoms with Crippen LogP contribution in [-0.4, -0.2) is 21.0 Å². The summed E-state index contributed by atoms with van der Waals surface area (Å²) in [6.45, 7) is 6.38. The Kier molecular flexibility index (Phi) is 4.75. The van der Waals surface area contributed by atoms with Gasteiger partial charge in [-0.3, -0.25) is 9.78 Å². The maximum Gasteiger partial charge on any atom is 0.270 e. The van der Waals surface area contributed by atoms with Crippen molar-refractivity contribution in [2.75, 3.05) is 0 Å². The highest BCUT2D eigenvalue weighted by Crippen LogP contribution is 2.29. The summed E-state index contributed by atoms with van der Waals surface area (Å²) in [6.07, 6.45) is 5.52. The van der Waals surface area contributed by atoms with E-state index in [4.69, 9.17) is 0 Å². The molecule has 0 aliphatic carbocycles. The van der Waals surface area contributed by atoms with Crippen molar-refractivity contribution in [2.45, 2.75) is 33.2 Å². The monoisotopic (exact) mass is 299 g/mol. The summed E-state index contributed by atoms with van der Waals surface area (Å²) in [7, 11) is 0. The molecule has 22 heavy (non-hydrogen) atoms. The Morgan fingerprint density at radius 3 is 2.59 bits per heavy atom. The van der Waals surface area contributed by atoms with E-state index in [1.807, 2.05) is 12.1 Å². The molecule has 2 N–H and O–H groups in total. The molecule has 0 radical (unpaired) electrons. The number of aromatic hydroxyl groups is 1. The van der Waals surface area contributed by atoms with Gasteiger partial charge >= 0.3 is 0 Å². The van der Waals surface area contributed by atoms with E-state index < -0.39 is 0 Å². The van der Waals surface area contributed by atoms with Gasteiger partial charge in [-0.05, 0) is 35.6 Å². The number of rotatable bonds is 4. The highest BCUT2D eigenvalue weighted by Gasteiger charge is 2.23. The van der Waals surface area contributed by atoms with Crippen LogP contribution in [-0.2, 0) is 0 Å². The van der Waals surface area contributed by atoms with Crippen molar-refractivity contribution >= 4 is 5.91 Å². The van der Waals surface area contributed by atoms with E-state index in [1.54, 1.807) is 12.4 Å². The van der Waals surface area contributed by atoms with Crippen molar-refractivity contribution in [3.63, 3.8) is 0 Å². The van der Waals surface area contributed by atoms with E-state index >= 15 is 0 Å². The number of pyridine rings is 2. The lowest BCUT2D eigenvalue weighted by Crippen LogP contribution is -2.31. The lowest BCUT2D eigenvalue weighted by atomic mass is 9.86. The molecule has 5 nitrogen and oxygen atoms in total. The van der Waals surface area contributed by atoms with Gasteiger partial charge in [0.1, 0.15) is 11.4 Å². The van der Waals surface area contributed by atoms with Gasteiger partial charge in [0.05, 0.1) is 12.2 Å². The minimum Gasteiger partial charge on any atom is -0.506 e. The van der Waals surface area contributed by atoms with E-state index in [0.29, 0.717) is 0 Å². The van der Waals surface area contributed by atoms with Crippen LogP contribution in [0, 0.1) is 5.41 Å². The van der Waals surface area contributed by atoms with Gasteiger partial charge in [-0.1, -0.05) is 26.8 Å². The molecule has 0 bridgehead atoms. The summed E-state index contributed by atoms with van der Waals surface area (Å²) in [5.41, 5.74) is 1.29. The molecule has 2 rings (SSSR count). The highest BCUT2D eigenvalue weighted by atomic mass is 16.3. The number of carbonyl (C=O) groups is 1. The molecule has 0 aliphatic heterocycles. The molecule has 116 valence electrons. The lowest BCUT2D eigenvalue weighted by molar-refractivity contribution is 0.0921. The molecule has 5 heteroatoms. The second-order valence-corrected chi connectivity index (χ2v) is 6.48. The second-order valence-electron chi connectivity index (χ2n) is 6.48. The van der Waals surface area contributed by atoms with Crippen molar-refractivity contribution in [3.8, 4) is 5.75 Å². The largest absolute Gasteiger partial charge is 0.506 e. The van der Waals surface area contributed by atoms with E-state index in [9.17, 15) is 9.90 Å². The van der Waals surface area contributed by atoms with Gasteiger partial charge in [-0.25, -0.2) is 4.98 Å². The van der Waals surface area contributed by atoms with Gasteiger partial charge in [-0.15, -0.1) is 0 Å². The van der Waals surface area contributed by atoms with Crippen LogP contribution in [0.4, 0.5) is 0 Å². The van der Waals surface area contributed by atoms with Crippen LogP contribution in [0.3, 0.4) is 0 Å². The van der Waals surface area contributed by atoms with Crippen molar-refractivity contribution in [3.05, 3.63) is 54.1 Å². The Morgan fingerprint density at radius 1 is 1.27 bits per heavy atom. The molecule has 2 heterocycles. The van der Waals surface area contributed by atoms with Crippen molar-refractivity contribution < 1.29 is 9.90 Å². The molecule has 1 atom stereocenters. The summed E-state index contributed by atoms with van der Waals surface area (Å²) in [5, 5.41) is 12.3. The number of amides is 1. The Morgan fingerprint density at radius 2 is 2.05 bits per heavy atom. The first-order chi connectivity index (χ1) is 10.3. The predicted molar refractivity (Wildman–Crippen MR) is 84.4 cm³/mol. The van der Waals surface area contributed by atoms with Crippen LogP contribution < -0.4 is 5.32 Å². The van der Waals surface area contributed by atoms with E-state index in [2.05, 4.69) is 36.1 Å². The average molecular weight is 299 g/mol. The molecule has 0 unspecified atom stereocenters. The third-order valence-electron chi connectivity index (χ3n) is 3.19. The minimum atomic E-state index is -0.266. The van der Waals surface area contributed by atoms with E-state index in [1.165, 1.54) is 18.3 Å². The molecular formula is C17H21N3O2. The topological polar surface area (TPSA) is 75.1 Å². The predicted octanol–water partition coefficient (Wildman–Crippen LogP) is 3.09. The van der Waals surface area contributed by atoms with Crippen LogP contribution >= 0.6 is 0 Å². The van der Waals surface area contributed by atoms with Crippen molar-refractivity contribution in [1.82, 2.24) is 15.3 Å². The molecule has 0 spiro atoms. The van der Waals surface area contributed by atoms with Gasteiger partial charge in [0, 0.05) is 12.4 Å². The summed E-state index contributed by atoms with van der Waals surface area (Å²) in [6, 6.07) is 6.62. The maximum atomic E-state index is 12.3. The lowest BCUT2D eigenvalue weighted by Gasteiger charge is -2.27. The molecule has 1 amide bonds. The SMILES string of the molecule is CC(C)(C)C[C@@H](NC(=O)c1ccc(O)cn1)c1cccnc1. The molecule has 0 fully saturated rings. The Bertz CT molecular complexity index is 619.